The van der Waals surface area contributed by atoms with Gasteiger partial charge >= 0.3 is 12.1 Å². The van der Waals surface area contributed by atoms with E-state index in [9.17, 15) is 14.7 Å². The SMILES string of the molecule is COC(=O)N1C/C(=C(\C)C[Si](C)(C)C)[C@H](CCOC(=O)C(C)(C)C)[C@H]1CO. The lowest BCUT2D eigenvalue weighted by Gasteiger charge is -2.26. The van der Waals surface area contributed by atoms with Gasteiger partial charge in [0.05, 0.1) is 31.8 Å². The summed E-state index contributed by atoms with van der Waals surface area (Å²) in [7, 11) is 0.0331. The summed E-state index contributed by atoms with van der Waals surface area (Å²) < 4.78 is 10.4. The van der Waals surface area contributed by atoms with E-state index in [2.05, 4.69) is 26.6 Å². The fourth-order valence-electron chi connectivity index (χ4n) is 3.63. The van der Waals surface area contributed by atoms with Crippen LogP contribution in [0.2, 0.25) is 25.7 Å². The van der Waals surface area contributed by atoms with Crippen molar-refractivity contribution < 1.29 is 24.2 Å². The topological polar surface area (TPSA) is 76.1 Å². The Kier molecular flexibility index (Phi) is 8.10. The lowest BCUT2D eigenvalue weighted by Crippen LogP contribution is -2.40. The molecule has 0 aliphatic carbocycles. The lowest BCUT2D eigenvalue weighted by atomic mass is 9.90. The molecule has 1 amide bonds. The number of carbonyl (C=O) groups is 2. The molecule has 7 heteroatoms. The third kappa shape index (κ3) is 6.64. The van der Waals surface area contributed by atoms with Gasteiger partial charge in [0.25, 0.3) is 0 Å². The van der Waals surface area contributed by atoms with E-state index < -0.39 is 19.6 Å². The van der Waals surface area contributed by atoms with Crippen molar-refractivity contribution in [1.82, 2.24) is 4.90 Å². The Bertz CT molecular complexity index is 574. The number of aliphatic hydroxyl groups is 1. The summed E-state index contributed by atoms with van der Waals surface area (Å²) in [6.45, 7) is 15.1. The molecule has 0 aromatic heterocycles. The molecular weight excluding hydrogens is 362 g/mol. The lowest BCUT2D eigenvalue weighted by molar-refractivity contribution is -0.153. The number of ether oxygens (including phenoxy) is 2. The Morgan fingerprint density at radius 1 is 1.26 bits per heavy atom. The highest BCUT2D eigenvalue weighted by atomic mass is 28.3. The van der Waals surface area contributed by atoms with Crippen LogP contribution in [-0.2, 0) is 14.3 Å². The van der Waals surface area contributed by atoms with Gasteiger partial charge in [0, 0.05) is 20.5 Å². The smallest absolute Gasteiger partial charge is 0.410 e. The molecule has 1 aliphatic heterocycles. The number of nitrogens with zero attached hydrogens (tertiary/aromatic N) is 1. The molecule has 1 fully saturated rings. The highest BCUT2D eigenvalue weighted by molar-refractivity contribution is 6.76. The van der Waals surface area contributed by atoms with Crippen LogP contribution >= 0.6 is 0 Å². The van der Waals surface area contributed by atoms with E-state index in [1.807, 2.05) is 20.8 Å². The standard InChI is InChI=1S/C20H37NO5Si/c1-14(13-27(6,7)8)16-11-21(19(24)25-5)17(12-22)15(16)9-10-26-18(23)20(2,3)4/h15,17,22H,9-13H2,1-8H3/b16-14-/t15-,17+/m0/s1. The van der Waals surface area contributed by atoms with E-state index >= 15 is 0 Å². The minimum absolute atomic E-state index is 0.0294. The molecular formula is C20H37NO5Si. The first-order valence-electron chi connectivity index (χ1n) is 9.63. The fourth-order valence-corrected chi connectivity index (χ4v) is 5.45. The zero-order valence-corrected chi connectivity index (χ0v) is 19.2. The van der Waals surface area contributed by atoms with Crippen LogP contribution < -0.4 is 0 Å². The normalized spacial score (nSPS) is 22.6. The summed E-state index contributed by atoms with van der Waals surface area (Å²) in [5.74, 6) is -0.270. The molecule has 1 saturated heterocycles. The molecule has 1 aliphatic rings. The second kappa shape index (κ2) is 9.23. The van der Waals surface area contributed by atoms with Crippen LogP contribution in [0.5, 0.6) is 0 Å². The second-order valence-electron chi connectivity index (χ2n) is 9.67. The molecule has 0 spiro atoms. The monoisotopic (exact) mass is 399 g/mol. The van der Waals surface area contributed by atoms with Gasteiger partial charge in [-0.3, -0.25) is 9.69 Å². The first-order valence-corrected chi connectivity index (χ1v) is 13.3. The van der Waals surface area contributed by atoms with Crippen LogP contribution in [0.25, 0.3) is 0 Å². The Morgan fingerprint density at radius 2 is 1.85 bits per heavy atom. The average molecular weight is 400 g/mol. The second-order valence-corrected chi connectivity index (χ2v) is 15.1. The Morgan fingerprint density at radius 3 is 2.30 bits per heavy atom. The van der Waals surface area contributed by atoms with Gasteiger partial charge in [-0.2, -0.15) is 0 Å². The van der Waals surface area contributed by atoms with Crippen molar-refractivity contribution in [1.29, 1.82) is 0 Å². The number of rotatable bonds is 6. The van der Waals surface area contributed by atoms with Crippen molar-refractivity contribution in [2.24, 2.45) is 11.3 Å². The quantitative estimate of drug-likeness (QED) is 0.419. The van der Waals surface area contributed by atoms with Crippen molar-refractivity contribution >= 4 is 20.1 Å². The van der Waals surface area contributed by atoms with Gasteiger partial charge in [-0.15, -0.1) is 0 Å². The van der Waals surface area contributed by atoms with Gasteiger partial charge in [0.1, 0.15) is 0 Å². The summed E-state index contributed by atoms with van der Waals surface area (Å²) in [6, 6.07) is 0.686. The van der Waals surface area contributed by atoms with Crippen molar-refractivity contribution in [2.45, 2.75) is 65.8 Å². The summed E-state index contributed by atoms with van der Waals surface area (Å²) in [5, 5.41) is 9.95. The van der Waals surface area contributed by atoms with Crippen LogP contribution in [0.15, 0.2) is 11.1 Å². The fraction of sp³-hybridized carbons (Fsp3) is 0.800. The molecule has 1 rings (SSSR count). The molecule has 0 aromatic carbocycles. The van der Waals surface area contributed by atoms with Crippen molar-refractivity contribution in [2.75, 3.05) is 26.9 Å². The van der Waals surface area contributed by atoms with Crippen molar-refractivity contribution in [3.63, 3.8) is 0 Å². The number of allylic oxidation sites excluding steroid dienone is 1. The number of hydrogen-bond donors (Lipinski definition) is 1. The number of amides is 1. The van der Waals surface area contributed by atoms with Crippen LogP contribution in [0, 0.1) is 11.3 Å². The Balaban J connectivity index is 3.05. The highest BCUT2D eigenvalue weighted by Crippen LogP contribution is 2.36. The van der Waals surface area contributed by atoms with E-state index in [0.717, 1.165) is 6.04 Å². The van der Waals surface area contributed by atoms with E-state index in [-0.39, 0.29) is 31.1 Å². The minimum Gasteiger partial charge on any atom is -0.465 e. The predicted molar refractivity (Wildman–Crippen MR) is 109 cm³/mol. The zero-order chi connectivity index (χ0) is 21.0. The van der Waals surface area contributed by atoms with Crippen molar-refractivity contribution in [3.05, 3.63) is 11.1 Å². The summed E-state index contributed by atoms with van der Waals surface area (Å²) in [6.07, 6.45) is 0.153. The number of hydrogen-bond acceptors (Lipinski definition) is 5. The molecule has 0 saturated carbocycles. The van der Waals surface area contributed by atoms with Crippen LogP contribution in [0.4, 0.5) is 4.79 Å². The molecule has 0 aromatic rings. The number of likely N-dealkylation sites (tertiary alicyclic amines) is 1. The van der Waals surface area contributed by atoms with Gasteiger partial charge in [-0.25, -0.2) is 4.79 Å². The van der Waals surface area contributed by atoms with Gasteiger partial charge < -0.3 is 14.6 Å². The van der Waals surface area contributed by atoms with Crippen LogP contribution in [-0.4, -0.2) is 63.1 Å². The molecule has 27 heavy (non-hydrogen) atoms. The molecule has 156 valence electrons. The molecule has 0 unspecified atom stereocenters. The van der Waals surface area contributed by atoms with Crippen molar-refractivity contribution in [3.8, 4) is 0 Å². The minimum atomic E-state index is -1.32. The molecule has 6 nitrogen and oxygen atoms in total. The zero-order valence-electron chi connectivity index (χ0n) is 18.2. The van der Waals surface area contributed by atoms with E-state index in [0.29, 0.717) is 13.0 Å². The third-order valence-corrected chi connectivity index (χ3v) is 6.46. The molecule has 1 N–H and O–H groups in total. The molecule has 0 bridgehead atoms. The maximum atomic E-state index is 12.2. The average Bonchev–Trinajstić information content (AvgIpc) is 2.90. The van der Waals surface area contributed by atoms with Gasteiger partial charge in [0.15, 0.2) is 0 Å². The number of esters is 1. The number of methoxy groups -OCH3 is 1. The largest absolute Gasteiger partial charge is 0.465 e. The Labute approximate surface area is 164 Å². The van der Waals surface area contributed by atoms with Gasteiger partial charge in [0.2, 0.25) is 0 Å². The molecule has 0 radical (unpaired) electrons. The van der Waals surface area contributed by atoms with Crippen LogP contribution in [0.3, 0.4) is 0 Å². The molecule has 2 atom stereocenters. The third-order valence-electron chi connectivity index (χ3n) is 4.87. The maximum absolute atomic E-state index is 12.2. The van der Waals surface area contributed by atoms with E-state index in [4.69, 9.17) is 9.47 Å². The highest BCUT2D eigenvalue weighted by Gasteiger charge is 2.41. The van der Waals surface area contributed by atoms with Gasteiger partial charge in [-0.05, 0) is 45.7 Å². The Hall–Kier alpha value is -1.34. The van der Waals surface area contributed by atoms with Gasteiger partial charge in [-0.1, -0.05) is 25.2 Å². The van der Waals surface area contributed by atoms with E-state index in [1.165, 1.54) is 18.3 Å². The first-order chi connectivity index (χ1) is 12.3. The summed E-state index contributed by atoms with van der Waals surface area (Å²) in [4.78, 5) is 25.8. The number of carbonyl (C=O) groups excluding carboxylic acids is 2. The summed E-state index contributed by atoms with van der Waals surface area (Å²) >= 11 is 0. The van der Waals surface area contributed by atoms with E-state index in [1.54, 1.807) is 4.90 Å². The number of aliphatic hydroxyl groups excluding tert-OH is 1. The first kappa shape index (κ1) is 23.7. The van der Waals surface area contributed by atoms with Crippen LogP contribution in [0.1, 0.15) is 34.1 Å². The maximum Gasteiger partial charge on any atom is 0.410 e. The molecule has 1 heterocycles. The predicted octanol–water partition coefficient (Wildman–Crippen LogP) is 3.68. The summed E-state index contributed by atoms with van der Waals surface area (Å²) in [5.41, 5.74) is 1.91.